The molecule has 1 fully saturated rings. The van der Waals surface area contributed by atoms with Crippen LogP contribution >= 0.6 is 11.3 Å². The van der Waals surface area contributed by atoms with E-state index in [0.717, 1.165) is 43.3 Å². The highest BCUT2D eigenvalue weighted by Crippen LogP contribution is 2.36. The van der Waals surface area contributed by atoms with Crippen LogP contribution in [0.5, 0.6) is 5.75 Å². The molecule has 15 heteroatoms. The summed E-state index contributed by atoms with van der Waals surface area (Å²) in [6, 6.07) is 7.79. The van der Waals surface area contributed by atoms with E-state index in [0.29, 0.717) is 18.4 Å². The Morgan fingerprint density at radius 3 is 2.81 bits per heavy atom. The molecule has 5 rings (SSSR count). The molecule has 0 spiro atoms. The van der Waals surface area contributed by atoms with E-state index in [4.69, 9.17) is 15.0 Å². The quantitative estimate of drug-likeness (QED) is 0.216. The van der Waals surface area contributed by atoms with E-state index in [-0.39, 0.29) is 50.4 Å². The Hall–Kier alpha value is -4.63. The number of methoxy groups -OCH3 is 1. The average molecular weight is 599 g/mol. The van der Waals surface area contributed by atoms with Gasteiger partial charge in [-0.05, 0) is 50.2 Å². The number of likely N-dealkylation sites (tertiary alicyclic amines) is 1. The molecule has 2 aromatic carbocycles. The molecule has 1 aliphatic heterocycles. The predicted molar refractivity (Wildman–Crippen MR) is 153 cm³/mol. The molecule has 1 unspecified atom stereocenters. The zero-order valence-corrected chi connectivity index (χ0v) is 23.6. The van der Waals surface area contributed by atoms with Crippen LogP contribution in [0, 0.1) is 11.6 Å². The lowest BCUT2D eigenvalue weighted by Gasteiger charge is -2.22. The first-order chi connectivity index (χ1) is 20.2. The summed E-state index contributed by atoms with van der Waals surface area (Å²) in [7, 11) is 1.45. The molecular weight excluding hydrogens is 570 g/mol. The van der Waals surface area contributed by atoms with E-state index in [1.54, 1.807) is 12.1 Å². The fourth-order valence-electron chi connectivity index (χ4n) is 4.63. The van der Waals surface area contributed by atoms with Crippen LogP contribution in [0.3, 0.4) is 0 Å². The summed E-state index contributed by atoms with van der Waals surface area (Å²) in [5.74, 6) is -2.43. The number of benzene rings is 2. The summed E-state index contributed by atoms with van der Waals surface area (Å²) in [4.78, 5) is 36.0. The van der Waals surface area contributed by atoms with Gasteiger partial charge in [-0.25, -0.2) is 18.6 Å². The molecule has 1 atom stereocenters. The standard InChI is InChI=1S/C27H28F2N8O4S/c1-3-37-9-5-7-15(37)13-31-26(39)35-27-33-22(30)21(42-27)25-34-23(36-41-25)17-11-20(19(29)12-18(17)28)32-24(38)14-6-4-8-16(10-14)40-2/h4,6,8,10-12,15H,3,5,7,9,13,30H2,1-2H3,(H,32,38)(H2,31,33,35,39). The first kappa shape index (κ1) is 28.9. The summed E-state index contributed by atoms with van der Waals surface area (Å²) < 4.78 is 39.7. The molecule has 42 heavy (non-hydrogen) atoms. The number of halogens is 2. The van der Waals surface area contributed by atoms with Crippen molar-refractivity contribution in [3.8, 4) is 27.9 Å². The van der Waals surface area contributed by atoms with Gasteiger partial charge < -0.3 is 25.6 Å². The second-order valence-electron chi connectivity index (χ2n) is 9.41. The van der Waals surface area contributed by atoms with Crippen molar-refractivity contribution in [2.45, 2.75) is 25.8 Å². The third kappa shape index (κ3) is 6.31. The number of carbonyl (C=O) groups is 2. The number of nitrogen functional groups attached to an aromatic ring is 1. The van der Waals surface area contributed by atoms with Crippen molar-refractivity contribution in [3.05, 3.63) is 53.6 Å². The summed E-state index contributed by atoms with van der Waals surface area (Å²) in [6.45, 7) is 4.54. The average Bonchev–Trinajstić information content (AvgIpc) is 3.73. The highest BCUT2D eigenvalue weighted by atomic mass is 32.1. The van der Waals surface area contributed by atoms with Gasteiger partial charge in [-0.15, -0.1) is 0 Å². The van der Waals surface area contributed by atoms with Gasteiger partial charge in [-0.3, -0.25) is 15.0 Å². The molecule has 1 aliphatic rings. The molecule has 1 saturated heterocycles. The number of carbonyl (C=O) groups excluding carboxylic acids is 2. The van der Waals surface area contributed by atoms with Gasteiger partial charge in [0.15, 0.2) is 5.13 Å². The maximum absolute atomic E-state index is 14.8. The minimum atomic E-state index is -0.993. The summed E-state index contributed by atoms with van der Waals surface area (Å²) in [5, 5.41) is 11.9. The molecule has 0 bridgehead atoms. The second kappa shape index (κ2) is 12.5. The summed E-state index contributed by atoms with van der Waals surface area (Å²) in [6.07, 6.45) is 2.12. The number of hydrogen-bond donors (Lipinski definition) is 4. The molecule has 220 valence electrons. The molecule has 2 aromatic heterocycles. The van der Waals surface area contributed by atoms with Crippen molar-refractivity contribution < 1.29 is 27.6 Å². The monoisotopic (exact) mass is 598 g/mol. The van der Waals surface area contributed by atoms with Gasteiger partial charge in [-0.1, -0.05) is 29.5 Å². The molecule has 3 amide bonds. The van der Waals surface area contributed by atoms with Crippen molar-refractivity contribution >= 4 is 39.9 Å². The zero-order valence-electron chi connectivity index (χ0n) is 22.7. The number of amides is 3. The Morgan fingerprint density at radius 2 is 2.02 bits per heavy atom. The minimum absolute atomic E-state index is 0.0178. The number of rotatable bonds is 9. The van der Waals surface area contributed by atoms with Crippen LogP contribution in [-0.2, 0) is 0 Å². The minimum Gasteiger partial charge on any atom is -0.497 e. The van der Waals surface area contributed by atoms with E-state index < -0.39 is 23.6 Å². The van der Waals surface area contributed by atoms with Crippen LogP contribution in [0.4, 0.5) is 30.2 Å². The summed E-state index contributed by atoms with van der Waals surface area (Å²) >= 11 is 0.996. The molecule has 0 saturated carbocycles. The number of nitrogens with one attached hydrogen (secondary N) is 3. The predicted octanol–water partition coefficient (Wildman–Crippen LogP) is 4.59. The van der Waals surface area contributed by atoms with E-state index in [9.17, 15) is 18.4 Å². The molecule has 5 N–H and O–H groups in total. The highest BCUT2D eigenvalue weighted by molar-refractivity contribution is 7.19. The number of thiazole rings is 1. The number of ether oxygens (including phenoxy) is 1. The van der Waals surface area contributed by atoms with Crippen molar-refractivity contribution in [2.75, 3.05) is 43.1 Å². The Bertz CT molecular complexity index is 1610. The Morgan fingerprint density at radius 1 is 1.19 bits per heavy atom. The van der Waals surface area contributed by atoms with Gasteiger partial charge in [0.25, 0.3) is 11.8 Å². The molecule has 0 aliphatic carbocycles. The van der Waals surface area contributed by atoms with E-state index in [1.807, 2.05) is 0 Å². The van der Waals surface area contributed by atoms with Crippen molar-refractivity contribution in [2.24, 2.45) is 0 Å². The Kier molecular flexibility index (Phi) is 8.59. The van der Waals surface area contributed by atoms with E-state index in [2.05, 4.69) is 42.9 Å². The van der Waals surface area contributed by atoms with E-state index in [1.165, 1.54) is 19.2 Å². The Labute approximate surface area is 243 Å². The number of hydrogen-bond acceptors (Lipinski definition) is 10. The number of urea groups is 1. The fourth-order valence-corrected chi connectivity index (χ4v) is 5.43. The van der Waals surface area contributed by atoms with Crippen molar-refractivity contribution in [3.63, 3.8) is 0 Å². The topological polar surface area (TPSA) is 161 Å². The number of nitrogens with zero attached hydrogens (tertiary/aromatic N) is 4. The van der Waals surface area contributed by atoms with Gasteiger partial charge in [0.05, 0.1) is 18.4 Å². The van der Waals surface area contributed by atoms with Crippen molar-refractivity contribution in [1.82, 2.24) is 25.3 Å². The number of aromatic nitrogens is 3. The van der Waals surface area contributed by atoms with Crippen LogP contribution in [0.15, 0.2) is 40.9 Å². The van der Waals surface area contributed by atoms with Crippen LogP contribution in [-0.4, -0.2) is 64.7 Å². The van der Waals surface area contributed by atoms with Crippen LogP contribution < -0.4 is 26.4 Å². The van der Waals surface area contributed by atoms with E-state index >= 15 is 0 Å². The van der Waals surface area contributed by atoms with Crippen LogP contribution in [0.25, 0.3) is 22.2 Å². The van der Waals surface area contributed by atoms with Gasteiger partial charge in [-0.2, -0.15) is 4.98 Å². The fraction of sp³-hybridized carbons (Fsp3) is 0.296. The van der Waals surface area contributed by atoms with Gasteiger partial charge in [0.1, 0.15) is 28.1 Å². The lowest BCUT2D eigenvalue weighted by atomic mass is 10.1. The first-order valence-corrected chi connectivity index (χ1v) is 13.9. The third-order valence-corrected chi connectivity index (χ3v) is 7.75. The van der Waals surface area contributed by atoms with Gasteiger partial charge >= 0.3 is 6.03 Å². The third-order valence-electron chi connectivity index (χ3n) is 6.78. The number of likely N-dealkylation sites (N-methyl/N-ethyl adjacent to an activating group) is 1. The Balaban J connectivity index is 1.29. The van der Waals surface area contributed by atoms with Gasteiger partial charge in [0, 0.05) is 24.2 Å². The van der Waals surface area contributed by atoms with Crippen LogP contribution in [0.2, 0.25) is 0 Å². The maximum atomic E-state index is 14.8. The SMILES string of the molecule is CCN1CCCC1CNC(=O)Nc1nc(N)c(-c2nc(-c3cc(NC(=O)c4cccc(OC)c4)c(F)cc3F)no2)s1. The van der Waals surface area contributed by atoms with Gasteiger partial charge in [0.2, 0.25) is 5.82 Å². The number of nitrogens with two attached hydrogens (primary N) is 1. The van der Waals surface area contributed by atoms with Crippen molar-refractivity contribution in [1.29, 1.82) is 0 Å². The zero-order chi connectivity index (χ0) is 29.8. The largest absolute Gasteiger partial charge is 0.497 e. The molecule has 12 nitrogen and oxygen atoms in total. The maximum Gasteiger partial charge on any atom is 0.321 e. The smallest absolute Gasteiger partial charge is 0.321 e. The summed E-state index contributed by atoms with van der Waals surface area (Å²) in [5.41, 5.74) is 5.72. The number of anilines is 3. The second-order valence-corrected chi connectivity index (χ2v) is 10.4. The highest BCUT2D eigenvalue weighted by Gasteiger charge is 2.25. The van der Waals surface area contributed by atoms with Crippen LogP contribution in [0.1, 0.15) is 30.1 Å². The lowest BCUT2D eigenvalue weighted by Crippen LogP contribution is -2.41. The first-order valence-electron chi connectivity index (χ1n) is 13.1. The lowest BCUT2D eigenvalue weighted by molar-refractivity contribution is 0.102. The molecule has 4 aromatic rings. The molecular formula is C27H28F2N8O4S. The molecule has 3 heterocycles. The normalized spacial score (nSPS) is 15.0. The molecule has 0 radical (unpaired) electrons.